The van der Waals surface area contributed by atoms with E-state index < -0.39 is 36.7 Å². The van der Waals surface area contributed by atoms with Gasteiger partial charge in [0.25, 0.3) is 0 Å². The fourth-order valence-electron chi connectivity index (χ4n) is 4.88. The molecule has 3 aliphatic heterocycles. The smallest absolute Gasteiger partial charge is 0.335 e. The van der Waals surface area contributed by atoms with Gasteiger partial charge in [0.15, 0.2) is 6.10 Å². The minimum absolute atomic E-state index is 0.178. The number of aliphatic hydroxyl groups excluding tert-OH is 3. The highest BCUT2D eigenvalue weighted by atomic mass is 16.7. The number of hydrogen-bond donors (Lipinski definition) is 4. The van der Waals surface area contributed by atoms with E-state index in [1.807, 2.05) is 18.2 Å². The van der Waals surface area contributed by atoms with Gasteiger partial charge in [-0.2, -0.15) is 0 Å². The van der Waals surface area contributed by atoms with Gasteiger partial charge in [0.1, 0.15) is 29.9 Å². The van der Waals surface area contributed by atoms with E-state index in [0.717, 1.165) is 31.0 Å². The van der Waals surface area contributed by atoms with Gasteiger partial charge in [0, 0.05) is 31.6 Å². The molecule has 0 bridgehead atoms. The number of anilines is 1. The number of pyridine rings is 1. The standard InChI is InChI=1S/C23H27N3O7/c1-25-6-7-26-16(11-25)15-5-3-2-4-12(15)8-13-9-14(10-24-21(13)26)32-23-19(29)17(27)18(28)20(33-23)22(30)31/h2-5,9-10,16-20,23,27-29H,6-8,11H2,1H3,(H,30,31)/t16?,17-,18-,19-,20?,23+/m0/s1. The number of benzene rings is 1. The fraction of sp³-hybridized carbons (Fsp3) is 0.478. The molecule has 2 saturated heterocycles. The van der Waals surface area contributed by atoms with Gasteiger partial charge < -0.3 is 39.7 Å². The van der Waals surface area contributed by atoms with E-state index in [2.05, 4.69) is 34.0 Å². The summed E-state index contributed by atoms with van der Waals surface area (Å²) in [6.07, 6.45) is -6.17. The summed E-state index contributed by atoms with van der Waals surface area (Å²) < 4.78 is 11.0. The quantitative estimate of drug-likeness (QED) is 0.489. The van der Waals surface area contributed by atoms with Crippen molar-refractivity contribution in [1.29, 1.82) is 0 Å². The molecular weight excluding hydrogens is 430 g/mol. The number of nitrogens with zero attached hydrogens (tertiary/aromatic N) is 3. The van der Waals surface area contributed by atoms with Crippen LogP contribution in [0.15, 0.2) is 36.5 Å². The zero-order valence-electron chi connectivity index (χ0n) is 18.1. The molecule has 2 fully saturated rings. The van der Waals surface area contributed by atoms with Crippen LogP contribution in [-0.2, 0) is 16.0 Å². The first-order chi connectivity index (χ1) is 15.8. The summed E-state index contributed by atoms with van der Waals surface area (Å²) in [5.41, 5.74) is 3.39. The largest absolute Gasteiger partial charge is 0.479 e. The predicted molar refractivity (Wildman–Crippen MR) is 116 cm³/mol. The van der Waals surface area contributed by atoms with Crippen LogP contribution in [0.25, 0.3) is 0 Å². The number of carbonyl (C=O) groups is 1. The topological polar surface area (TPSA) is 136 Å². The van der Waals surface area contributed by atoms with Gasteiger partial charge >= 0.3 is 5.97 Å². The van der Waals surface area contributed by atoms with Crippen LogP contribution in [0.2, 0.25) is 0 Å². The van der Waals surface area contributed by atoms with Crippen molar-refractivity contribution >= 4 is 11.8 Å². The number of carboxylic acids is 1. The zero-order valence-corrected chi connectivity index (χ0v) is 18.1. The van der Waals surface area contributed by atoms with Gasteiger partial charge in [-0.05, 0) is 24.2 Å². The number of aliphatic hydroxyl groups is 3. The summed E-state index contributed by atoms with van der Waals surface area (Å²) >= 11 is 0. The second kappa shape index (κ2) is 8.54. The van der Waals surface area contributed by atoms with Gasteiger partial charge in [0.2, 0.25) is 6.29 Å². The van der Waals surface area contributed by atoms with Crippen molar-refractivity contribution in [1.82, 2.24) is 9.88 Å². The van der Waals surface area contributed by atoms with Crippen LogP contribution in [0, 0.1) is 0 Å². The summed E-state index contributed by atoms with van der Waals surface area (Å²) in [6, 6.07) is 10.3. The van der Waals surface area contributed by atoms with E-state index in [9.17, 15) is 25.2 Å². The molecule has 4 N–H and O–H groups in total. The van der Waals surface area contributed by atoms with Crippen molar-refractivity contribution in [2.75, 3.05) is 31.6 Å². The van der Waals surface area contributed by atoms with Crippen LogP contribution in [0.1, 0.15) is 22.7 Å². The molecule has 1 aromatic heterocycles. The molecule has 4 heterocycles. The van der Waals surface area contributed by atoms with Gasteiger partial charge in [-0.25, -0.2) is 9.78 Å². The Labute approximate surface area is 190 Å². The number of hydrogen-bond acceptors (Lipinski definition) is 9. The maximum Gasteiger partial charge on any atom is 0.335 e. The summed E-state index contributed by atoms with van der Waals surface area (Å²) in [4.78, 5) is 20.6. The SMILES string of the molecule is CN1CCN2c3ncc(O[C@@H]4OC(C(=O)O)[C@@H](O)[C@H](O)[C@@H]4O)cc3Cc3ccccc3C2C1. The molecule has 33 heavy (non-hydrogen) atoms. The molecule has 0 radical (unpaired) electrons. The highest BCUT2D eigenvalue weighted by Gasteiger charge is 2.48. The molecule has 0 amide bonds. The lowest BCUT2D eigenvalue weighted by Crippen LogP contribution is -2.61. The molecule has 1 aromatic carbocycles. The third-order valence-electron chi connectivity index (χ3n) is 6.63. The fourth-order valence-corrected chi connectivity index (χ4v) is 4.88. The van der Waals surface area contributed by atoms with Crippen LogP contribution in [0.4, 0.5) is 5.82 Å². The first-order valence-electron chi connectivity index (χ1n) is 10.9. The number of aliphatic carboxylic acids is 1. The monoisotopic (exact) mass is 457 g/mol. The molecule has 0 saturated carbocycles. The highest BCUT2D eigenvalue weighted by molar-refractivity contribution is 5.73. The Hall–Kier alpha value is -2.76. The Balaban J connectivity index is 1.46. The molecule has 2 aromatic rings. The van der Waals surface area contributed by atoms with Crippen molar-refractivity contribution in [2.45, 2.75) is 43.2 Å². The number of ether oxygens (including phenoxy) is 2. The molecule has 10 heteroatoms. The Bertz CT molecular complexity index is 1050. The second-order valence-electron chi connectivity index (χ2n) is 8.85. The van der Waals surface area contributed by atoms with E-state index in [1.165, 1.54) is 17.3 Å². The summed E-state index contributed by atoms with van der Waals surface area (Å²) in [7, 11) is 2.11. The van der Waals surface area contributed by atoms with E-state index >= 15 is 0 Å². The lowest BCUT2D eigenvalue weighted by Gasteiger charge is -2.41. The molecule has 0 spiro atoms. The van der Waals surface area contributed by atoms with Crippen LogP contribution in [-0.4, -0.2) is 93.7 Å². The van der Waals surface area contributed by atoms with Crippen LogP contribution in [0.3, 0.4) is 0 Å². The molecule has 6 atom stereocenters. The molecule has 10 nitrogen and oxygen atoms in total. The molecule has 5 rings (SSSR count). The minimum atomic E-state index is -1.77. The van der Waals surface area contributed by atoms with Crippen LogP contribution in [0.5, 0.6) is 5.75 Å². The first kappa shape index (κ1) is 22.1. The lowest BCUT2D eigenvalue weighted by molar-refractivity contribution is -0.271. The first-order valence-corrected chi connectivity index (χ1v) is 10.9. The number of fused-ring (bicyclic) bond motifs is 5. The Morgan fingerprint density at radius 1 is 1.12 bits per heavy atom. The van der Waals surface area contributed by atoms with Crippen molar-refractivity contribution in [3.05, 3.63) is 53.2 Å². The Morgan fingerprint density at radius 2 is 1.91 bits per heavy atom. The maximum absolute atomic E-state index is 11.4. The van der Waals surface area contributed by atoms with E-state index in [-0.39, 0.29) is 11.8 Å². The average molecular weight is 457 g/mol. The predicted octanol–water partition coefficient (Wildman–Crippen LogP) is -0.250. The summed E-state index contributed by atoms with van der Waals surface area (Å²) in [6.45, 7) is 2.62. The van der Waals surface area contributed by atoms with Crippen molar-refractivity contribution in [3.8, 4) is 5.75 Å². The molecule has 2 unspecified atom stereocenters. The van der Waals surface area contributed by atoms with Crippen molar-refractivity contribution < 1.29 is 34.7 Å². The van der Waals surface area contributed by atoms with Crippen molar-refractivity contribution in [3.63, 3.8) is 0 Å². The molecule has 176 valence electrons. The zero-order chi connectivity index (χ0) is 23.3. The summed E-state index contributed by atoms with van der Waals surface area (Å²) in [5.74, 6) is -0.323. The van der Waals surface area contributed by atoms with E-state index in [0.29, 0.717) is 6.42 Å². The Morgan fingerprint density at radius 3 is 2.70 bits per heavy atom. The molecule has 3 aliphatic rings. The summed E-state index contributed by atoms with van der Waals surface area (Å²) in [5, 5.41) is 39.5. The maximum atomic E-state index is 11.4. The number of rotatable bonds is 3. The van der Waals surface area contributed by atoms with Gasteiger partial charge in [-0.15, -0.1) is 0 Å². The second-order valence-corrected chi connectivity index (χ2v) is 8.85. The van der Waals surface area contributed by atoms with E-state index in [4.69, 9.17) is 9.47 Å². The van der Waals surface area contributed by atoms with Crippen molar-refractivity contribution in [2.24, 2.45) is 0 Å². The van der Waals surface area contributed by atoms with Crippen LogP contribution < -0.4 is 9.64 Å². The van der Waals surface area contributed by atoms with Crippen LogP contribution >= 0.6 is 0 Å². The third kappa shape index (κ3) is 3.94. The number of likely N-dealkylation sites (N-methyl/N-ethyl adjacent to an activating group) is 1. The van der Waals surface area contributed by atoms with Gasteiger partial charge in [0.05, 0.1) is 12.2 Å². The molecule has 0 aliphatic carbocycles. The van der Waals surface area contributed by atoms with Gasteiger partial charge in [-0.3, -0.25) is 0 Å². The normalized spacial score (nSPS) is 31.7. The number of piperazine rings is 1. The third-order valence-corrected chi connectivity index (χ3v) is 6.63. The highest BCUT2D eigenvalue weighted by Crippen LogP contribution is 2.39. The lowest BCUT2D eigenvalue weighted by atomic mass is 9.96. The minimum Gasteiger partial charge on any atom is -0.479 e. The van der Waals surface area contributed by atoms with E-state index in [1.54, 1.807) is 0 Å². The van der Waals surface area contributed by atoms with Gasteiger partial charge in [-0.1, -0.05) is 24.3 Å². The average Bonchev–Trinajstić information content (AvgIpc) is 2.93. The Kier molecular flexibility index (Phi) is 5.71. The molecular formula is C23H27N3O7. The number of aromatic nitrogens is 1. The number of carboxylic acid groups (broad SMARTS) is 1.